The minimum absolute atomic E-state index is 0.270. The molecule has 94 valence electrons. The second-order valence-electron chi connectivity index (χ2n) is 5.35. The van der Waals surface area contributed by atoms with E-state index in [4.69, 9.17) is 0 Å². The summed E-state index contributed by atoms with van der Waals surface area (Å²) in [6, 6.07) is 7.59. The van der Waals surface area contributed by atoms with Crippen LogP contribution >= 0.6 is 0 Å². The number of piperidine rings is 1. The number of rotatable bonds is 2. The van der Waals surface area contributed by atoms with E-state index in [1.807, 2.05) is 12.1 Å². The third-order valence-corrected chi connectivity index (χ3v) is 3.80. The zero-order chi connectivity index (χ0) is 12.5. The molecule has 3 heteroatoms. The van der Waals surface area contributed by atoms with Gasteiger partial charge in [0.2, 0.25) is 0 Å². The van der Waals surface area contributed by atoms with E-state index in [1.54, 1.807) is 12.1 Å². The Hall–Kier alpha value is -1.06. The lowest BCUT2D eigenvalue weighted by Gasteiger charge is -2.41. The van der Waals surface area contributed by atoms with Gasteiger partial charge in [-0.25, -0.2) is 0 Å². The Balaban J connectivity index is 2.07. The van der Waals surface area contributed by atoms with Crippen LogP contribution in [-0.2, 0) is 6.42 Å². The molecule has 0 aliphatic carbocycles. The zero-order valence-corrected chi connectivity index (χ0v) is 10.6. The summed E-state index contributed by atoms with van der Waals surface area (Å²) in [4.78, 5) is 2.27. The summed E-state index contributed by atoms with van der Waals surface area (Å²) in [7, 11) is 2.10. The van der Waals surface area contributed by atoms with Crippen LogP contribution in [0.15, 0.2) is 24.3 Å². The quantitative estimate of drug-likeness (QED) is 0.821. The van der Waals surface area contributed by atoms with Crippen molar-refractivity contribution in [3.63, 3.8) is 0 Å². The fourth-order valence-electron chi connectivity index (χ4n) is 2.62. The molecule has 1 aromatic rings. The lowest BCUT2D eigenvalue weighted by atomic mass is 9.82. The number of phenolic OH excluding ortho intramolecular Hbond substituents is 1. The third-order valence-electron chi connectivity index (χ3n) is 3.80. The molecule has 2 rings (SSSR count). The second-order valence-corrected chi connectivity index (χ2v) is 5.35. The number of hydrogen-bond donors (Lipinski definition) is 2. The number of nitrogens with zero attached hydrogens (tertiary/aromatic N) is 1. The number of benzene rings is 1. The van der Waals surface area contributed by atoms with Crippen LogP contribution in [0.25, 0.3) is 0 Å². The van der Waals surface area contributed by atoms with E-state index in [2.05, 4.69) is 18.9 Å². The molecule has 0 saturated carbocycles. The predicted molar refractivity (Wildman–Crippen MR) is 68.1 cm³/mol. The molecule has 0 radical (unpaired) electrons. The van der Waals surface area contributed by atoms with Gasteiger partial charge in [-0.3, -0.25) is 0 Å². The van der Waals surface area contributed by atoms with Crippen molar-refractivity contribution in [2.75, 3.05) is 13.6 Å². The topological polar surface area (TPSA) is 43.7 Å². The highest BCUT2D eigenvalue weighted by Crippen LogP contribution is 2.29. The van der Waals surface area contributed by atoms with Gasteiger partial charge in [-0.1, -0.05) is 12.1 Å². The molecule has 0 amide bonds. The highest BCUT2D eigenvalue weighted by Gasteiger charge is 2.34. The van der Waals surface area contributed by atoms with E-state index in [0.29, 0.717) is 12.5 Å². The molecule has 0 bridgehead atoms. The predicted octanol–water partition coefficient (Wildman–Crippen LogP) is 1.78. The van der Waals surface area contributed by atoms with Gasteiger partial charge in [-0.05, 0) is 44.5 Å². The van der Waals surface area contributed by atoms with Crippen LogP contribution in [0.3, 0.4) is 0 Å². The Morgan fingerprint density at radius 3 is 2.88 bits per heavy atom. The van der Waals surface area contributed by atoms with Crippen molar-refractivity contribution in [2.24, 2.45) is 0 Å². The Labute approximate surface area is 103 Å². The maximum atomic E-state index is 10.6. The maximum Gasteiger partial charge on any atom is 0.115 e. The highest BCUT2D eigenvalue weighted by atomic mass is 16.3. The van der Waals surface area contributed by atoms with Crippen LogP contribution in [0.4, 0.5) is 0 Å². The van der Waals surface area contributed by atoms with Gasteiger partial charge in [0.1, 0.15) is 5.75 Å². The minimum Gasteiger partial charge on any atom is -0.508 e. The largest absolute Gasteiger partial charge is 0.508 e. The average Bonchev–Trinajstić information content (AvgIpc) is 2.24. The van der Waals surface area contributed by atoms with Gasteiger partial charge in [0.15, 0.2) is 0 Å². The van der Waals surface area contributed by atoms with Crippen LogP contribution in [0.2, 0.25) is 0 Å². The van der Waals surface area contributed by atoms with E-state index in [9.17, 15) is 10.2 Å². The molecule has 1 aliphatic heterocycles. The summed E-state index contributed by atoms with van der Waals surface area (Å²) in [5.41, 5.74) is 0.379. The van der Waals surface area contributed by atoms with E-state index < -0.39 is 5.60 Å². The number of aromatic hydroxyl groups is 1. The van der Waals surface area contributed by atoms with E-state index in [-0.39, 0.29) is 5.75 Å². The molecule has 17 heavy (non-hydrogen) atoms. The second kappa shape index (κ2) is 4.67. The Morgan fingerprint density at radius 2 is 2.24 bits per heavy atom. The summed E-state index contributed by atoms with van der Waals surface area (Å²) in [5, 5.41) is 20.0. The fourth-order valence-corrected chi connectivity index (χ4v) is 2.62. The molecule has 1 aromatic carbocycles. The van der Waals surface area contributed by atoms with Gasteiger partial charge < -0.3 is 15.1 Å². The van der Waals surface area contributed by atoms with Crippen LogP contribution in [0.5, 0.6) is 5.75 Å². The van der Waals surface area contributed by atoms with E-state index in [0.717, 1.165) is 24.9 Å². The third kappa shape index (κ3) is 2.99. The minimum atomic E-state index is -0.625. The Morgan fingerprint density at radius 1 is 1.47 bits per heavy atom. The first-order valence-corrected chi connectivity index (χ1v) is 6.19. The fraction of sp³-hybridized carbons (Fsp3) is 0.571. The van der Waals surface area contributed by atoms with Gasteiger partial charge in [-0.15, -0.1) is 0 Å². The molecule has 0 aromatic heterocycles. The smallest absolute Gasteiger partial charge is 0.115 e. The van der Waals surface area contributed by atoms with Crippen LogP contribution in [0, 0.1) is 0 Å². The first-order valence-electron chi connectivity index (χ1n) is 6.19. The standard InChI is InChI=1S/C14H21NO2/c1-11-9-14(17,6-7-15(11)2)10-12-4-3-5-13(16)8-12/h3-5,8,11,16-17H,6-7,9-10H2,1-2H3. The van der Waals surface area contributed by atoms with Crippen LogP contribution in [0.1, 0.15) is 25.3 Å². The summed E-state index contributed by atoms with van der Waals surface area (Å²) in [5.74, 6) is 0.270. The molecule has 2 unspecified atom stereocenters. The number of likely N-dealkylation sites (tertiary alicyclic amines) is 1. The van der Waals surface area contributed by atoms with Crippen molar-refractivity contribution in [1.82, 2.24) is 4.90 Å². The van der Waals surface area contributed by atoms with E-state index >= 15 is 0 Å². The van der Waals surface area contributed by atoms with Crippen LogP contribution < -0.4 is 0 Å². The first kappa shape index (κ1) is 12.4. The number of hydrogen-bond acceptors (Lipinski definition) is 3. The number of phenols is 1. The summed E-state index contributed by atoms with van der Waals surface area (Å²) < 4.78 is 0. The molecule has 0 spiro atoms. The summed E-state index contributed by atoms with van der Waals surface area (Å²) in [6.07, 6.45) is 2.21. The summed E-state index contributed by atoms with van der Waals surface area (Å²) in [6.45, 7) is 3.07. The molecule has 1 heterocycles. The molecule has 1 saturated heterocycles. The van der Waals surface area contributed by atoms with Gasteiger partial charge >= 0.3 is 0 Å². The van der Waals surface area contributed by atoms with Crippen molar-refractivity contribution < 1.29 is 10.2 Å². The lowest BCUT2D eigenvalue weighted by molar-refractivity contribution is -0.0353. The maximum absolute atomic E-state index is 10.6. The van der Waals surface area contributed by atoms with Crippen molar-refractivity contribution >= 4 is 0 Å². The molecule has 2 atom stereocenters. The average molecular weight is 235 g/mol. The molecular formula is C14H21NO2. The van der Waals surface area contributed by atoms with E-state index in [1.165, 1.54) is 0 Å². The van der Waals surface area contributed by atoms with Crippen molar-refractivity contribution in [1.29, 1.82) is 0 Å². The van der Waals surface area contributed by atoms with Gasteiger partial charge in [0.05, 0.1) is 5.60 Å². The molecule has 1 fully saturated rings. The SMILES string of the molecule is CC1CC(O)(Cc2cccc(O)c2)CCN1C. The molecule has 3 nitrogen and oxygen atoms in total. The van der Waals surface area contributed by atoms with Crippen molar-refractivity contribution in [3.05, 3.63) is 29.8 Å². The zero-order valence-electron chi connectivity index (χ0n) is 10.6. The first-order chi connectivity index (χ1) is 7.98. The number of aliphatic hydroxyl groups is 1. The van der Waals surface area contributed by atoms with Gasteiger partial charge in [0.25, 0.3) is 0 Å². The molecule has 2 N–H and O–H groups in total. The van der Waals surface area contributed by atoms with Crippen molar-refractivity contribution in [3.8, 4) is 5.75 Å². The van der Waals surface area contributed by atoms with Gasteiger partial charge in [-0.2, -0.15) is 0 Å². The van der Waals surface area contributed by atoms with Gasteiger partial charge in [0, 0.05) is 19.0 Å². The van der Waals surface area contributed by atoms with Crippen LogP contribution in [-0.4, -0.2) is 40.3 Å². The highest BCUT2D eigenvalue weighted by molar-refractivity contribution is 5.28. The van der Waals surface area contributed by atoms with Crippen molar-refractivity contribution in [2.45, 2.75) is 37.8 Å². The monoisotopic (exact) mass is 235 g/mol. The Bertz CT molecular complexity index is 394. The molecular weight excluding hydrogens is 214 g/mol. The lowest BCUT2D eigenvalue weighted by Crippen LogP contribution is -2.48. The Kier molecular flexibility index (Phi) is 3.40. The molecule has 1 aliphatic rings. The normalized spacial score (nSPS) is 30.4. The summed E-state index contributed by atoms with van der Waals surface area (Å²) >= 11 is 0.